The zero-order valence-corrected chi connectivity index (χ0v) is 27.5. The van der Waals surface area contributed by atoms with Crippen molar-refractivity contribution in [3.8, 4) is 33.4 Å². The van der Waals surface area contributed by atoms with Gasteiger partial charge in [-0.25, -0.2) is 0 Å². The summed E-state index contributed by atoms with van der Waals surface area (Å²) in [5, 5.41) is 7.69. The van der Waals surface area contributed by atoms with Gasteiger partial charge in [-0.1, -0.05) is 148 Å². The van der Waals surface area contributed by atoms with Gasteiger partial charge < -0.3 is 0 Å². The molecule has 1 heteroatoms. The van der Waals surface area contributed by atoms with E-state index in [2.05, 4.69) is 166 Å². The zero-order chi connectivity index (χ0) is 31.7. The summed E-state index contributed by atoms with van der Waals surface area (Å²) in [5.74, 6) is 0.932. The van der Waals surface area contributed by atoms with Crippen molar-refractivity contribution in [3.05, 3.63) is 169 Å². The van der Waals surface area contributed by atoms with E-state index >= 15 is 0 Å². The van der Waals surface area contributed by atoms with Gasteiger partial charge in [-0.3, -0.25) is 0 Å². The third-order valence-corrected chi connectivity index (χ3v) is 11.4. The van der Waals surface area contributed by atoms with Crippen LogP contribution in [0, 0.1) is 0 Å². The molecule has 7 aromatic rings. The van der Waals surface area contributed by atoms with Gasteiger partial charge in [0.2, 0.25) is 0 Å². The Balaban J connectivity index is 1.18. The van der Waals surface area contributed by atoms with Crippen LogP contribution in [-0.4, -0.2) is 5.75 Å². The van der Waals surface area contributed by atoms with Crippen molar-refractivity contribution in [2.45, 2.75) is 24.2 Å². The Kier molecular flexibility index (Phi) is 6.42. The summed E-state index contributed by atoms with van der Waals surface area (Å²) in [6.07, 6.45) is 8.54. The smallest absolute Gasteiger partial charge is 0.0232 e. The highest BCUT2D eigenvalue weighted by Crippen LogP contribution is 2.49. The van der Waals surface area contributed by atoms with Crippen molar-refractivity contribution < 1.29 is 0 Å². The maximum atomic E-state index is 4.38. The van der Waals surface area contributed by atoms with Crippen molar-refractivity contribution in [3.63, 3.8) is 0 Å². The van der Waals surface area contributed by atoms with Gasteiger partial charge in [0.15, 0.2) is 0 Å². The third kappa shape index (κ3) is 4.45. The Morgan fingerprint density at radius 2 is 1.15 bits per heavy atom. The Hall–Kier alpha value is -5.11. The molecule has 224 valence electrons. The molecule has 0 saturated carbocycles. The Morgan fingerprint density at radius 1 is 0.532 bits per heavy atom. The molecule has 0 N–H and O–H groups in total. The van der Waals surface area contributed by atoms with E-state index in [1.807, 2.05) is 11.8 Å². The van der Waals surface area contributed by atoms with Crippen LogP contribution >= 0.6 is 11.8 Å². The molecule has 1 heterocycles. The number of thioether (sulfide) groups is 1. The van der Waals surface area contributed by atoms with Gasteiger partial charge in [-0.15, -0.1) is 11.8 Å². The van der Waals surface area contributed by atoms with Crippen LogP contribution in [0.2, 0.25) is 0 Å². The fourth-order valence-electron chi connectivity index (χ4n) is 7.80. The zero-order valence-electron chi connectivity index (χ0n) is 26.7. The molecule has 0 fully saturated rings. The summed E-state index contributed by atoms with van der Waals surface area (Å²) in [4.78, 5) is 1.30. The van der Waals surface area contributed by atoms with E-state index in [1.54, 1.807) is 0 Å². The van der Waals surface area contributed by atoms with Crippen LogP contribution in [0.3, 0.4) is 0 Å². The minimum Gasteiger partial charge on any atom is -0.121 e. The number of allylic oxidation sites excluding steroid dienone is 4. The molecule has 0 bridgehead atoms. The standard InChI is InChI=1S/C46H34S/c1-29-10-5-4-8-25-47-45-35(29)12-9-13-36(45)34-18-16-31-20-22-37-38(42(31)27-34)23-19-30-15-17-32(26-41(30)37)33-21-24-40-39-11-6-7-14-43(39)46(2,3)44(40)28-33/h4-24,26-28H,1,25H2,2-3H3/b8-4-,10-5-. The first-order valence-corrected chi connectivity index (χ1v) is 17.4. The second kappa shape index (κ2) is 10.7. The van der Waals surface area contributed by atoms with Crippen LogP contribution in [0.15, 0.2) is 157 Å². The van der Waals surface area contributed by atoms with Gasteiger partial charge in [0.1, 0.15) is 0 Å². The summed E-state index contributed by atoms with van der Waals surface area (Å²) in [6, 6.07) is 45.7. The fraction of sp³-hybridized carbons (Fsp3) is 0.0870. The maximum absolute atomic E-state index is 4.38. The molecule has 0 aromatic heterocycles. The van der Waals surface area contributed by atoms with Gasteiger partial charge in [0.05, 0.1) is 0 Å². The summed E-state index contributed by atoms with van der Waals surface area (Å²) in [7, 11) is 0. The average molecular weight is 619 g/mol. The first kappa shape index (κ1) is 28.1. The number of hydrogen-bond acceptors (Lipinski definition) is 1. The minimum absolute atomic E-state index is 0.0170. The molecular formula is C46H34S. The monoisotopic (exact) mass is 618 g/mol. The Morgan fingerprint density at radius 3 is 1.96 bits per heavy atom. The molecule has 0 nitrogen and oxygen atoms in total. The van der Waals surface area contributed by atoms with E-state index in [0.29, 0.717) is 0 Å². The second-order valence-corrected chi connectivity index (χ2v) is 14.4. The number of fused-ring (bicyclic) bond motifs is 9. The van der Waals surface area contributed by atoms with E-state index in [9.17, 15) is 0 Å². The predicted octanol–water partition coefficient (Wildman–Crippen LogP) is 13.0. The molecule has 0 saturated heterocycles. The molecule has 7 aromatic carbocycles. The molecule has 9 rings (SSSR count). The van der Waals surface area contributed by atoms with E-state index in [-0.39, 0.29) is 5.41 Å². The number of benzene rings is 7. The summed E-state index contributed by atoms with van der Waals surface area (Å²) in [6.45, 7) is 9.09. The van der Waals surface area contributed by atoms with Crippen LogP contribution in [0.1, 0.15) is 30.5 Å². The van der Waals surface area contributed by atoms with Crippen LogP contribution in [0.4, 0.5) is 0 Å². The van der Waals surface area contributed by atoms with Gasteiger partial charge in [-0.05, 0) is 106 Å². The maximum Gasteiger partial charge on any atom is 0.0232 e. The molecule has 0 unspecified atom stereocenters. The third-order valence-electron chi connectivity index (χ3n) is 10.3. The van der Waals surface area contributed by atoms with Crippen molar-refractivity contribution in [1.29, 1.82) is 0 Å². The average Bonchev–Trinajstić information content (AvgIpc) is 3.39. The van der Waals surface area contributed by atoms with E-state index in [1.165, 1.54) is 87.3 Å². The lowest BCUT2D eigenvalue weighted by molar-refractivity contribution is 0.660. The second-order valence-electron chi connectivity index (χ2n) is 13.3. The molecule has 0 radical (unpaired) electrons. The molecule has 2 aliphatic rings. The van der Waals surface area contributed by atoms with Crippen LogP contribution in [0.25, 0.3) is 71.3 Å². The largest absolute Gasteiger partial charge is 0.121 e. The van der Waals surface area contributed by atoms with Gasteiger partial charge in [0.25, 0.3) is 0 Å². The molecular weight excluding hydrogens is 585 g/mol. The van der Waals surface area contributed by atoms with Crippen molar-refractivity contribution in [1.82, 2.24) is 0 Å². The summed E-state index contributed by atoms with van der Waals surface area (Å²) >= 11 is 1.89. The van der Waals surface area contributed by atoms with Crippen molar-refractivity contribution in [2.24, 2.45) is 0 Å². The molecule has 0 amide bonds. The Bertz CT molecular complexity index is 2500. The first-order chi connectivity index (χ1) is 23.0. The minimum atomic E-state index is -0.0170. The van der Waals surface area contributed by atoms with Crippen LogP contribution < -0.4 is 0 Å². The van der Waals surface area contributed by atoms with Crippen LogP contribution in [-0.2, 0) is 5.41 Å². The molecule has 47 heavy (non-hydrogen) atoms. The van der Waals surface area contributed by atoms with E-state index in [0.717, 1.165) is 11.3 Å². The fourth-order valence-corrected chi connectivity index (χ4v) is 8.87. The van der Waals surface area contributed by atoms with Crippen LogP contribution in [0.5, 0.6) is 0 Å². The highest BCUT2D eigenvalue weighted by molar-refractivity contribution is 7.99. The summed E-state index contributed by atoms with van der Waals surface area (Å²) < 4.78 is 0. The van der Waals surface area contributed by atoms with Gasteiger partial charge in [-0.2, -0.15) is 0 Å². The molecule has 0 atom stereocenters. The lowest BCUT2D eigenvalue weighted by Crippen LogP contribution is -2.14. The predicted molar refractivity (Wildman–Crippen MR) is 205 cm³/mol. The lowest BCUT2D eigenvalue weighted by atomic mass is 9.81. The van der Waals surface area contributed by atoms with Gasteiger partial charge in [0, 0.05) is 16.1 Å². The molecule has 1 aliphatic heterocycles. The molecule has 1 aliphatic carbocycles. The highest BCUT2D eigenvalue weighted by atomic mass is 32.2. The topological polar surface area (TPSA) is 0 Å². The summed E-state index contributed by atoms with van der Waals surface area (Å²) in [5.41, 5.74) is 12.8. The van der Waals surface area contributed by atoms with E-state index < -0.39 is 0 Å². The number of hydrogen-bond donors (Lipinski definition) is 0. The highest BCUT2D eigenvalue weighted by Gasteiger charge is 2.35. The first-order valence-electron chi connectivity index (χ1n) is 16.4. The normalized spacial score (nSPS) is 16.3. The number of rotatable bonds is 2. The van der Waals surface area contributed by atoms with Crippen molar-refractivity contribution in [2.75, 3.05) is 5.75 Å². The quantitative estimate of drug-likeness (QED) is 0.174. The SMILES string of the molecule is C=C1/C=C\C=C/CSc2c1cccc2-c1ccc2ccc3c4cc(-c5ccc6c(c5)C(C)(C)c5ccccc5-6)ccc4ccc3c2c1. The van der Waals surface area contributed by atoms with Crippen molar-refractivity contribution >= 4 is 49.7 Å². The molecule has 0 spiro atoms. The van der Waals surface area contributed by atoms with Gasteiger partial charge >= 0.3 is 0 Å². The lowest BCUT2D eigenvalue weighted by Gasteiger charge is -2.22. The van der Waals surface area contributed by atoms with E-state index in [4.69, 9.17) is 0 Å². The Labute approximate surface area is 280 Å².